The number of unbranched alkanes of at least 4 members (excludes halogenated alkanes) is 15. The molecule has 0 N–H and O–H groups in total. The molecule has 0 spiro atoms. The van der Waals surface area contributed by atoms with Crippen LogP contribution in [0.15, 0.2) is 0 Å². The highest BCUT2D eigenvalue weighted by Crippen LogP contribution is 2.50. The van der Waals surface area contributed by atoms with Crippen molar-refractivity contribution < 1.29 is 18.1 Å². The van der Waals surface area contributed by atoms with Gasteiger partial charge in [0.15, 0.2) is 0 Å². The lowest BCUT2D eigenvalue weighted by molar-refractivity contribution is 0.108. The van der Waals surface area contributed by atoms with Gasteiger partial charge in [-0.2, -0.15) is 13.5 Å². The van der Waals surface area contributed by atoms with Gasteiger partial charge >= 0.3 is 7.82 Å². The lowest BCUT2D eigenvalue weighted by atomic mass is 10.1. The summed E-state index contributed by atoms with van der Waals surface area (Å²) in [5.74, 6) is 0. The molecule has 0 unspecified atom stereocenters. The van der Waals surface area contributed by atoms with E-state index in [0.717, 1.165) is 38.5 Å². The van der Waals surface area contributed by atoms with Gasteiger partial charge in [-0.15, -0.1) is 0 Å². The summed E-state index contributed by atoms with van der Waals surface area (Å²) < 4.78 is 29.9. The fourth-order valence-electron chi connectivity index (χ4n) is 3.29. The van der Waals surface area contributed by atoms with E-state index in [-0.39, 0.29) is 13.5 Å². The maximum atomic E-state index is 13.0. The van der Waals surface area contributed by atoms with Crippen molar-refractivity contribution in [1.82, 2.24) is 0 Å². The topological polar surface area (TPSA) is 44.8 Å². The van der Waals surface area contributed by atoms with Crippen LogP contribution in [-0.2, 0) is 18.1 Å². The van der Waals surface area contributed by atoms with Crippen LogP contribution in [0.25, 0.3) is 0 Å². The van der Waals surface area contributed by atoms with Gasteiger partial charge < -0.3 is 0 Å². The Bertz CT molecular complexity index is 317. The smallest absolute Gasteiger partial charge is 0.287 e. The Hall–Kier alpha value is 0.460. The van der Waals surface area contributed by atoms with Crippen molar-refractivity contribution in [1.29, 1.82) is 0 Å². The van der Waals surface area contributed by atoms with E-state index in [2.05, 4.69) is 20.8 Å². The van der Waals surface area contributed by atoms with E-state index in [0.29, 0.717) is 19.8 Å². The zero-order valence-corrected chi connectivity index (χ0v) is 22.3. The van der Waals surface area contributed by atoms with Crippen LogP contribution in [0.1, 0.15) is 136 Å². The summed E-state index contributed by atoms with van der Waals surface area (Å²) in [5, 5.41) is 0. The van der Waals surface area contributed by atoms with Gasteiger partial charge in [0, 0.05) is 0 Å². The quantitative estimate of drug-likeness (QED) is 0.104. The van der Waals surface area contributed by atoms with E-state index in [1.165, 1.54) is 77.0 Å². The number of rotatable bonds is 24. The molecule has 0 saturated heterocycles. The lowest BCUT2D eigenvalue weighted by Crippen LogP contribution is -2.04. The van der Waals surface area contributed by atoms with E-state index in [1.807, 2.05) is 0 Å². The van der Waals surface area contributed by atoms with E-state index in [4.69, 9.17) is 13.6 Å². The molecule has 0 atom stereocenters. The van der Waals surface area contributed by atoms with E-state index >= 15 is 0 Å². The maximum Gasteiger partial charge on any atom is 0.474 e. The van der Waals surface area contributed by atoms with E-state index in [1.54, 1.807) is 0 Å². The monoisotopic (exact) mass is 468 g/mol. The summed E-state index contributed by atoms with van der Waals surface area (Å²) in [6.07, 6.45) is 21.3. The second-order valence-corrected chi connectivity index (χ2v) is 9.92. The molecule has 0 aromatic carbocycles. The number of phosphoric ester groups is 1. The van der Waals surface area contributed by atoms with E-state index < -0.39 is 7.82 Å². The van der Waals surface area contributed by atoms with Crippen LogP contribution < -0.4 is 0 Å². The summed E-state index contributed by atoms with van der Waals surface area (Å²) in [4.78, 5) is 0. The Morgan fingerprint density at radius 3 is 0.933 bits per heavy atom. The molecule has 0 rings (SSSR count). The predicted molar refractivity (Wildman–Crippen MR) is 136 cm³/mol. The van der Waals surface area contributed by atoms with Crippen LogP contribution >= 0.6 is 21.3 Å². The fraction of sp³-hybridized carbons (Fsp3) is 1.00. The number of hydrogen-bond acceptors (Lipinski definition) is 4. The molecule has 0 radical (unpaired) electrons. The standard InChI is InChI=1S/C24H51O4P.H2S/c1-4-7-10-13-16-19-22-26-29(25,27-23-20-17-14-11-8-5-2)28-24-21-18-15-12-9-6-3;/h4-24H2,1-3H3;1H2. The largest absolute Gasteiger partial charge is 0.474 e. The minimum absolute atomic E-state index is 0. The van der Waals surface area contributed by atoms with Gasteiger partial charge in [-0.25, -0.2) is 4.57 Å². The summed E-state index contributed by atoms with van der Waals surface area (Å²) in [7, 11) is -3.40. The molecule has 6 heteroatoms. The molecule has 0 aliphatic heterocycles. The van der Waals surface area contributed by atoms with Crippen LogP contribution in [0.3, 0.4) is 0 Å². The van der Waals surface area contributed by atoms with Gasteiger partial charge in [-0.3, -0.25) is 13.6 Å². The summed E-state index contributed by atoms with van der Waals surface area (Å²) in [5.41, 5.74) is 0. The SMILES string of the molecule is CCCCCCCCOP(=O)(OCCCCCCCC)OCCCCCCCC.S. The van der Waals surface area contributed by atoms with Crippen molar-refractivity contribution in [3.63, 3.8) is 0 Å². The average Bonchev–Trinajstić information content (AvgIpc) is 2.72. The Balaban J connectivity index is 0. The summed E-state index contributed by atoms with van der Waals surface area (Å²) in [6.45, 7) is 8.08. The van der Waals surface area contributed by atoms with Gasteiger partial charge in [0.25, 0.3) is 0 Å². The molecular formula is C24H53O4PS. The molecule has 0 saturated carbocycles. The Labute approximate surface area is 195 Å². The van der Waals surface area contributed by atoms with E-state index in [9.17, 15) is 4.57 Å². The van der Waals surface area contributed by atoms with Crippen molar-refractivity contribution in [2.45, 2.75) is 136 Å². The van der Waals surface area contributed by atoms with Crippen molar-refractivity contribution in [2.24, 2.45) is 0 Å². The highest BCUT2D eigenvalue weighted by Gasteiger charge is 2.26. The van der Waals surface area contributed by atoms with Crippen molar-refractivity contribution in [2.75, 3.05) is 19.8 Å². The first-order valence-electron chi connectivity index (χ1n) is 12.7. The lowest BCUT2D eigenvalue weighted by Gasteiger charge is -2.18. The normalized spacial score (nSPS) is 11.6. The molecule has 0 aliphatic rings. The highest BCUT2D eigenvalue weighted by molar-refractivity contribution is 7.59. The zero-order chi connectivity index (χ0) is 21.5. The van der Waals surface area contributed by atoms with Crippen molar-refractivity contribution in [3.05, 3.63) is 0 Å². The molecule has 0 fully saturated rings. The second kappa shape index (κ2) is 25.7. The van der Waals surface area contributed by atoms with Gasteiger partial charge in [-0.05, 0) is 19.3 Å². The molecule has 30 heavy (non-hydrogen) atoms. The summed E-state index contributed by atoms with van der Waals surface area (Å²) >= 11 is 0. The third-order valence-electron chi connectivity index (χ3n) is 5.24. The molecule has 0 aliphatic carbocycles. The Morgan fingerprint density at radius 2 is 0.667 bits per heavy atom. The third kappa shape index (κ3) is 23.1. The highest BCUT2D eigenvalue weighted by atomic mass is 32.1. The molecule has 0 aromatic heterocycles. The van der Waals surface area contributed by atoms with Gasteiger partial charge in [0.05, 0.1) is 19.8 Å². The first kappa shape index (κ1) is 32.6. The van der Waals surface area contributed by atoms with Crippen LogP contribution in [-0.4, -0.2) is 19.8 Å². The molecule has 0 heterocycles. The molecule has 0 bridgehead atoms. The maximum absolute atomic E-state index is 13.0. The molecular weight excluding hydrogens is 415 g/mol. The van der Waals surface area contributed by atoms with Crippen molar-refractivity contribution in [3.8, 4) is 0 Å². The Kier molecular flexibility index (Phi) is 28.0. The van der Waals surface area contributed by atoms with Crippen LogP contribution in [0.5, 0.6) is 0 Å². The average molecular weight is 469 g/mol. The molecule has 0 amide bonds. The molecule has 4 nitrogen and oxygen atoms in total. The third-order valence-corrected chi connectivity index (χ3v) is 6.74. The minimum Gasteiger partial charge on any atom is -0.287 e. The number of phosphoric acid groups is 1. The first-order valence-corrected chi connectivity index (χ1v) is 14.2. The van der Waals surface area contributed by atoms with Crippen LogP contribution in [0, 0.1) is 0 Å². The zero-order valence-electron chi connectivity index (χ0n) is 20.4. The van der Waals surface area contributed by atoms with Crippen LogP contribution in [0.2, 0.25) is 0 Å². The fourth-order valence-corrected chi connectivity index (χ4v) is 4.57. The van der Waals surface area contributed by atoms with Gasteiger partial charge in [0.1, 0.15) is 0 Å². The summed E-state index contributed by atoms with van der Waals surface area (Å²) in [6, 6.07) is 0. The van der Waals surface area contributed by atoms with Gasteiger partial charge in [0.2, 0.25) is 0 Å². The molecule has 0 aromatic rings. The minimum atomic E-state index is -3.40. The first-order chi connectivity index (χ1) is 14.2. The molecule has 184 valence electrons. The van der Waals surface area contributed by atoms with Crippen LogP contribution in [0.4, 0.5) is 0 Å². The van der Waals surface area contributed by atoms with Gasteiger partial charge in [-0.1, -0.05) is 117 Å². The predicted octanol–water partition coefficient (Wildman–Crippen LogP) is 9.34. The Morgan fingerprint density at radius 1 is 0.433 bits per heavy atom. The second-order valence-electron chi connectivity index (χ2n) is 8.25. The number of hydrogen-bond donors (Lipinski definition) is 0. The van der Waals surface area contributed by atoms with Crippen molar-refractivity contribution >= 4 is 21.3 Å².